The van der Waals surface area contributed by atoms with Gasteiger partial charge < -0.3 is 4.74 Å². The summed E-state index contributed by atoms with van der Waals surface area (Å²) in [5.41, 5.74) is 1.73. The maximum Gasteiger partial charge on any atom is 0.363 e. The van der Waals surface area contributed by atoms with Gasteiger partial charge in [-0.1, -0.05) is 41.4 Å². The van der Waals surface area contributed by atoms with Gasteiger partial charge in [-0.3, -0.25) is 0 Å². The third kappa shape index (κ3) is 3.15. The van der Waals surface area contributed by atoms with Crippen LogP contribution in [0.25, 0.3) is 6.08 Å². The molecule has 0 amide bonds. The lowest BCUT2D eigenvalue weighted by Gasteiger charge is -1.98. The molecule has 0 aliphatic carbocycles. The van der Waals surface area contributed by atoms with Crippen molar-refractivity contribution in [1.29, 1.82) is 0 Å². The quantitative estimate of drug-likeness (QED) is 0.610. The van der Waals surface area contributed by atoms with Crippen LogP contribution in [0.1, 0.15) is 11.1 Å². The summed E-state index contributed by atoms with van der Waals surface area (Å²) in [6.45, 7) is 0. The molecule has 0 unspecified atom stereocenters. The summed E-state index contributed by atoms with van der Waals surface area (Å²) < 4.78 is 5.17. The van der Waals surface area contributed by atoms with E-state index in [0.717, 1.165) is 5.56 Å². The fourth-order valence-electron chi connectivity index (χ4n) is 1.87. The van der Waals surface area contributed by atoms with Crippen LogP contribution >= 0.6 is 23.2 Å². The fraction of sp³-hybridized carbons (Fsp3) is 0. The van der Waals surface area contributed by atoms with Crippen LogP contribution in [0.5, 0.6) is 0 Å². The Balaban J connectivity index is 1.93. The predicted octanol–water partition coefficient (Wildman–Crippen LogP) is 4.34. The Labute approximate surface area is 131 Å². The monoisotopic (exact) mass is 317 g/mol. The molecule has 0 saturated carbocycles. The number of halogens is 2. The van der Waals surface area contributed by atoms with Gasteiger partial charge in [0, 0.05) is 15.6 Å². The normalized spacial score (nSPS) is 16.0. The molecule has 1 aliphatic heterocycles. The number of ether oxygens (including phenoxy) is 1. The summed E-state index contributed by atoms with van der Waals surface area (Å²) in [5, 5.41) is 1.19. The van der Waals surface area contributed by atoms with Gasteiger partial charge in [-0.15, -0.1) is 0 Å². The number of carbonyl (C=O) groups is 1. The minimum atomic E-state index is -0.486. The molecule has 0 aromatic heterocycles. The lowest BCUT2D eigenvalue weighted by Crippen LogP contribution is -2.05. The van der Waals surface area contributed by atoms with Crippen molar-refractivity contribution in [3.05, 3.63) is 75.4 Å². The number of hydrogen-bond donors (Lipinski definition) is 0. The van der Waals surface area contributed by atoms with Crippen LogP contribution < -0.4 is 0 Å². The van der Waals surface area contributed by atoms with Crippen LogP contribution in [0.3, 0.4) is 0 Å². The van der Waals surface area contributed by atoms with E-state index in [2.05, 4.69) is 4.99 Å². The van der Waals surface area contributed by atoms with Crippen LogP contribution in [0.2, 0.25) is 10.0 Å². The number of esters is 1. The Bertz CT molecular complexity index is 764. The molecule has 1 heterocycles. The summed E-state index contributed by atoms with van der Waals surface area (Å²) in [4.78, 5) is 16.1. The summed E-state index contributed by atoms with van der Waals surface area (Å²) in [5.74, 6) is -0.234. The molecule has 5 heteroatoms. The summed E-state index contributed by atoms with van der Waals surface area (Å²) in [6, 6.07) is 14.1. The molecular weight excluding hydrogens is 309 g/mol. The Morgan fingerprint density at radius 1 is 1.00 bits per heavy atom. The van der Waals surface area contributed by atoms with Crippen molar-refractivity contribution in [2.45, 2.75) is 0 Å². The lowest BCUT2D eigenvalue weighted by atomic mass is 10.2. The molecular formula is C16H9Cl2NO2. The minimum absolute atomic E-state index is 0.243. The third-order valence-corrected chi connectivity index (χ3v) is 3.35. The lowest BCUT2D eigenvalue weighted by molar-refractivity contribution is -0.129. The maximum atomic E-state index is 11.9. The molecule has 3 nitrogen and oxygen atoms in total. The van der Waals surface area contributed by atoms with Gasteiger partial charge in [-0.05, 0) is 42.0 Å². The van der Waals surface area contributed by atoms with Crippen LogP contribution in [-0.2, 0) is 9.53 Å². The van der Waals surface area contributed by atoms with E-state index in [4.69, 9.17) is 27.9 Å². The molecule has 104 valence electrons. The van der Waals surface area contributed by atoms with Gasteiger partial charge >= 0.3 is 5.97 Å². The number of hydrogen-bond acceptors (Lipinski definition) is 3. The summed E-state index contributed by atoms with van der Waals surface area (Å²) in [6.07, 6.45) is 1.65. The highest BCUT2D eigenvalue weighted by Gasteiger charge is 2.24. The highest BCUT2D eigenvalue weighted by molar-refractivity contribution is 6.31. The molecule has 0 bridgehead atoms. The molecule has 3 rings (SSSR count). The van der Waals surface area contributed by atoms with E-state index >= 15 is 0 Å². The zero-order valence-corrected chi connectivity index (χ0v) is 12.2. The molecule has 2 aromatic carbocycles. The third-order valence-electron chi connectivity index (χ3n) is 2.87. The molecule has 0 saturated heterocycles. The number of nitrogens with zero attached hydrogens (tertiary/aromatic N) is 1. The average Bonchev–Trinajstić information content (AvgIpc) is 2.83. The molecule has 0 N–H and O–H groups in total. The van der Waals surface area contributed by atoms with E-state index in [9.17, 15) is 4.79 Å². The SMILES string of the molecule is O=C1OC(c2cccc(Cl)c2)=N/C1=C\c1ccc(Cl)cc1. The van der Waals surface area contributed by atoms with Crippen molar-refractivity contribution in [2.24, 2.45) is 4.99 Å². The second-order valence-corrected chi connectivity index (χ2v) is 5.27. The maximum absolute atomic E-state index is 11.9. The van der Waals surface area contributed by atoms with E-state index in [-0.39, 0.29) is 11.6 Å². The minimum Gasteiger partial charge on any atom is -0.402 e. The topological polar surface area (TPSA) is 38.7 Å². The highest BCUT2D eigenvalue weighted by Crippen LogP contribution is 2.21. The number of benzene rings is 2. The fourth-order valence-corrected chi connectivity index (χ4v) is 2.19. The Kier molecular flexibility index (Phi) is 3.78. The van der Waals surface area contributed by atoms with Crippen LogP contribution in [0.15, 0.2) is 59.2 Å². The van der Waals surface area contributed by atoms with Crippen LogP contribution in [-0.4, -0.2) is 11.9 Å². The Morgan fingerprint density at radius 2 is 1.76 bits per heavy atom. The molecule has 2 aromatic rings. The van der Waals surface area contributed by atoms with Crippen molar-refractivity contribution in [1.82, 2.24) is 0 Å². The van der Waals surface area contributed by atoms with Crippen molar-refractivity contribution in [2.75, 3.05) is 0 Å². The summed E-state index contributed by atoms with van der Waals surface area (Å²) >= 11 is 11.7. The Morgan fingerprint density at radius 3 is 2.48 bits per heavy atom. The number of carbonyl (C=O) groups excluding carboxylic acids is 1. The Hall–Kier alpha value is -2.10. The first-order valence-corrected chi connectivity index (χ1v) is 6.91. The van der Waals surface area contributed by atoms with Gasteiger partial charge in [0.05, 0.1) is 0 Å². The largest absolute Gasteiger partial charge is 0.402 e. The predicted molar refractivity (Wildman–Crippen MR) is 83.5 cm³/mol. The average molecular weight is 318 g/mol. The highest BCUT2D eigenvalue weighted by atomic mass is 35.5. The van der Waals surface area contributed by atoms with Crippen molar-refractivity contribution < 1.29 is 9.53 Å². The molecule has 0 radical (unpaired) electrons. The van der Waals surface area contributed by atoms with Gasteiger partial charge in [0.2, 0.25) is 5.90 Å². The standard InChI is InChI=1S/C16H9Cl2NO2/c17-12-6-4-10(5-7-12)8-14-16(20)21-15(19-14)11-2-1-3-13(18)9-11/h1-9H/b14-8-. The number of cyclic esters (lactones) is 1. The van der Waals surface area contributed by atoms with E-state index in [1.807, 2.05) is 0 Å². The van der Waals surface area contributed by atoms with Gasteiger partial charge in [0.1, 0.15) is 0 Å². The van der Waals surface area contributed by atoms with Crippen molar-refractivity contribution in [3.63, 3.8) is 0 Å². The van der Waals surface area contributed by atoms with Crippen LogP contribution in [0, 0.1) is 0 Å². The van der Waals surface area contributed by atoms with E-state index in [1.165, 1.54) is 0 Å². The van der Waals surface area contributed by atoms with Gasteiger partial charge in [-0.25, -0.2) is 9.79 Å². The summed E-state index contributed by atoms with van der Waals surface area (Å²) in [7, 11) is 0. The smallest absolute Gasteiger partial charge is 0.363 e. The van der Waals surface area contributed by atoms with Gasteiger partial charge in [0.25, 0.3) is 0 Å². The first kappa shape index (κ1) is 13.9. The van der Waals surface area contributed by atoms with Gasteiger partial charge in [-0.2, -0.15) is 0 Å². The molecule has 0 atom stereocenters. The van der Waals surface area contributed by atoms with Gasteiger partial charge in [0.15, 0.2) is 5.70 Å². The molecule has 0 fully saturated rings. The zero-order chi connectivity index (χ0) is 14.8. The first-order chi connectivity index (χ1) is 10.1. The molecule has 21 heavy (non-hydrogen) atoms. The number of aliphatic imine (C=N–C) groups is 1. The first-order valence-electron chi connectivity index (χ1n) is 6.16. The number of rotatable bonds is 2. The van der Waals surface area contributed by atoms with Crippen molar-refractivity contribution in [3.8, 4) is 0 Å². The van der Waals surface area contributed by atoms with E-state index in [0.29, 0.717) is 15.6 Å². The molecule has 0 spiro atoms. The zero-order valence-electron chi connectivity index (χ0n) is 10.7. The second kappa shape index (κ2) is 5.72. The van der Waals surface area contributed by atoms with E-state index < -0.39 is 5.97 Å². The second-order valence-electron chi connectivity index (χ2n) is 4.40. The van der Waals surface area contributed by atoms with Crippen molar-refractivity contribution >= 4 is 41.1 Å². The van der Waals surface area contributed by atoms with E-state index in [1.54, 1.807) is 54.6 Å². The molecule has 1 aliphatic rings. The van der Waals surface area contributed by atoms with Crippen LogP contribution in [0.4, 0.5) is 0 Å².